The van der Waals surface area contributed by atoms with E-state index in [-0.39, 0.29) is 6.61 Å². The Labute approximate surface area is 152 Å². The molecule has 8 heteroatoms. The summed E-state index contributed by atoms with van der Waals surface area (Å²) in [5, 5.41) is 2.72. The fourth-order valence-corrected chi connectivity index (χ4v) is 2.52. The Morgan fingerprint density at radius 1 is 1.36 bits per heavy atom. The lowest BCUT2D eigenvalue weighted by Gasteiger charge is -2.25. The second-order valence-corrected chi connectivity index (χ2v) is 7.00. The van der Waals surface area contributed by atoms with Crippen LogP contribution in [-0.4, -0.2) is 49.5 Å². The number of methoxy groups -OCH3 is 1. The molecular formula is C17H22N2O5S. The fourth-order valence-electron chi connectivity index (χ4n) is 2.30. The second-order valence-electron chi connectivity index (χ2n) is 6.58. The van der Waals surface area contributed by atoms with Gasteiger partial charge in [0.25, 0.3) is 0 Å². The molecule has 1 aromatic rings. The molecule has 0 aliphatic carbocycles. The summed E-state index contributed by atoms with van der Waals surface area (Å²) in [7, 11) is 3.07. The van der Waals surface area contributed by atoms with E-state index >= 15 is 0 Å². The number of hydrogen-bond donors (Lipinski definition) is 1. The number of esters is 1. The molecule has 0 fully saturated rings. The van der Waals surface area contributed by atoms with Gasteiger partial charge in [-0.1, -0.05) is 12.2 Å². The average Bonchev–Trinajstić information content (AvgIpc) is 2.64. The monoisotopic (exact) mass is 366 g/mol. The van der Waals surface area contributed by atoms with E-state index in [1.165, 1.54) is 7.11 Å². The maximum atomic E-state index is 12.0. The van der Waals surface area contributed by atoms with Crippen LogP contribution in [-0.2, 0) is 9.47 Å². The molecule has 1 atom stereocenters. The van der Waals surface area contributed by atoms with E-state index in [2.05, 4.69) is 5.32 Å². The molecule has 1 N–H and O–H groups in total. The minimum atomic E-state index is -0.610. The van der Waals surface area contributed by atoms with Crippen LogP contribution in [0.25, 0.3) is 0 Å². The number of amides is 1. The minimum absolute atomic E-state index is 0.160. The largest absolute Gasteiger partial charge is 0.489 e. The SMILES string of the molecule is COC(=O)c1ccc2c(c1)N(C)C(=S)[C@@H](NC(=O)OC(C)(C)C)CO2. The molecule has 2 rings (SSSR count). The van der Waals surface area contributed by atoms with E-state index in [0.717, 1.165) is 0 Å². The summed E-state index contributed by atoms with van der Waals surface area (Å²) in [6.45, 7) is 5.51. The minimum Gasteiger partial charge on any atom is -0.489 e. The first-order valence-electron chi connectivity index (χ1n) is 7.74. The summed E-state index contributed by atoms with van der Waals surface area (Å²) in [5.74, 6) is 0.112. The highest BCUT2D eigenvalue weighted by atomic mass is 32.1. The highest BCUT2D eigenvalue weighted by Gasteiger charge is 2.29. The number of rotatable bonds is 2. The quantitative estimate of drug-likeness (QED) is 0.636. The van der Waals surface area contributed by atoms with Gasteiger partial charge >= 0.3 is 12.1 Å². The van der Waals surface area contributed by atoms with E-state index in [1.54, 1.807) is 50.9 Å². The van der Waals surface area contributed by atoms with Crippen LogP contribution < -0.4 is 15.0 Å². The number of anilines is 1. The number of alkyl carbamates (subject to hydrolysis) is 1. The van der Waals surface area contributed by atoms with Crippen molar-refractivity contribution < 1.29 is 23.8 Å². The predicted molar refractivity (Wildman–Crippen MR) is 97.4 cm³/mol. The molecule has 0 unspecified atom stereocenters. The Bertz CT molecular complexity index is 699. The Kier molecular flexibility index (Phi) is 5.52. The molecule has 1 aromatic carbocycles. The first-order chi connectivity index (χ1) is 11.6. The van der Waals surface area contributed by atoms with Gasteiger partial charge in [0, 0.05) is 7.05 Å². The fraction of sp³-hybridized carbons (Fsp3) is 0.471. The second kappa shape index (κ2) is 7.26. The molecular weight excluding hydrogens is 344 g/mol. The van der Waals surface area contributed by atoms with E-state index in [9.17, 15) is 9.59 Å². The zero-order valence-electron chi connectivity index (χ0n) is 14.9. The van der Waals surface area contributed by atoms with Crippen molar-refractivity contribution in [3.8, 4) is 5.75 Å². The third-order valence-electron chi connectivity index (χ3n) is 3.47. The van der Waals surface area contributed by atoms with Crippen LogP contribution in [0.2, 0.25) is 0 Å². The van der Waals surface area contributed by atoms with Crippen molar-refractivity contribution >= 4 is 35.0 Å². The van der Waals surface area contributed by atoms with Gasteiger partial charge in [-0.3, -0.25) is 0 Å². The number of carbonyl (C=O) groups excluding carboxylic acids is 2. The van der Waals surface area contributed by atoms with Crippen LogP contribution in [0.4, 0.5) is 10.5 Å². The third kappa shape index (κ3) is 4.60. The Hall–Kier alpha value is -2.35. The summed E-state index contributed by atoms with van der Waals surface area (Å²) in [6, 6.07) is 4.40. The summed E-state index contributed by atoms with van der Waals surface area (Å²) >= 11 is 5.47. The summed E-state index contributed by atoms with van der Waals surface area (Å²) in [6.07, 6.45) is -0.571. The number of nitrogens with one attached hydrogen (secondary N) is 1. The zero-order valence-corrected chi connectivity index (χ0v) is 15.7. The molecule has 1 aliphatic rings. The maximum Gasteiger partial charge on any atom is 0.408 e. The molecule has 1 aliphatic heterocycles. The van der Waals surface area contributed by atoms with E-state index in [4.69, 9.17) is 26.4 Å². The Morgan fingerprint density at radius 3 is 2.64 bits per heavy atom. The van der Waals surface area contributed by atoms with Crippen molar-refractivity contribution in [3.05, 3.63) is 23.8 Å². The van der Waals surface area contributed by atoms with Crippen molar-refractivity contribution in [1.82, 2.24) is 5.32 Å². The molecule has 136 valence electrons. The molecule has 1 amide bonds. The molecule has 0 saturated carbocycles. The van der Waals surface area contributed by atoms with Crippen molar-refractivity contribution in [3.63, 3.8) is 0 Å². The van der Waals surface area contributed by atoms with Gasteiger partial charge in [0.1, 0.15) is 29.0 Å². The number of hydrogen-bond acceptors (Lipinski definition) is 6. The van der Waals surface area contributed by atoms with Crippen molar-refractivity contribution in [2.45, 2.75) is 32.4 Å². The van der Waals surface area contributed by atoms with Gasteiger partial charge in [-0.15, -0.1) is 0 Å². The van der Waals surface area contributed by atoms with Crippen LogP contribution in [0.3, 0.4) is 0 Å². The highest BCUT2D eigenvalue weighted by Crippen LogP contribution is 2.32. The Morgan fingerprint density at radius 2 is 2.04 bits per heavy atom. The number of nitrogens with zero attached hydrogens (tertiary/aromatic N) is 1. The number of likely N-dealkylation sites (N-methyl/N-ethyl adjacent to an activating group) is 1. The van der Waals surface area contributed by atoms with E-state index in [0.29, 0.717) is 22.0 Å². The smallest absolute Gasteiger partial charge is 0.408 e. The average molecular weight is 366 g/mol. The van der Waals surface area contributed by atoms with Crippen molar-refractivity contribution in [2.75, 3.05) is 25.7 Å². The summed E-state index contributed by atoms with van der Waals surface area (Å²) in [5.41, 5.74) is 0.404. The molecule has 0 radical (unpaired) electrons. The number of thiocarbonyl (C=S) groups is 1. The van der Waals surface area contributed by atoms with Crippen LogP contribution in [0.1, 0.15) is 31.1 Å². The standard InChI is InChI=1S/C17H22N2O5S/c1-17(2,3)24-16(21)18-11-9-23-13-7-6-10(15(20)22-5)8-12(13)19(4)14(11)25/h6-8,11H,9H2,1-5H3,(H,18,21)/t11-/m0/s1. The van der Waals surface area contributed by atoms with Crippen molar-refractivity contribution in [2.24, 2.45) is 0 Å². The molecule has 25 heavy (non-hydrogen) atoms. The third-order valence-corrected chi connectivity index (χ3v) is 4.02. The van der Waals surface area contributed by atoms with Crippen LogP contribution in [0.5, 0.6) is 5.75 Å². The maximum absolute atomic E-state index is 12.0. The predicted octanol–water partition coefficient (Wildman–Crippen LogP) is 2.52. The van der Waals surface area contributed by atoms with Gasteiger partial charge in [0.05, 0.1) is 18.4 Å². The zero-order chi connectivity index (χ0) is 18.8. The normalized spacial score (nSPS) is 17.1. The van der Waals surface area contributed by atoms with Gasteiger partial charge in [-0.2, -0.15) is 0 Å². The summed E-state index contributed by atoms with van der Waals surface area (Å²) in [4.78, 5) is 25.9. The number of fused-ring (bicyclic) bond motifs is 1. The molecule has 0 spiro atoms. The molecule has 0 aromatic heterocycles. The van der Waals surface area contributed by atoms with Crippen molar-refractivity contribution in [1.29, 1.82) is 0 Å². The van der Waals surface area contributed by atoms with Gasteiger partial charge in [-0.25, -0.2) is 9.59 Å². The lowest BCUT2D eigenvalue weighted by Crippen LogP contribution is -2.49. The topological polar surface area (TPSA) is 77.1 Å². The van der Waals surface area contributed by atoms with E-state index < -0.39 is 23.7 Å². The molecule has 1 heterocycles. The Balaban J connectivity index is 2.20. The lowest BCUT2D eigenvalue weighted by molar-refractivity contribution is 0.0506. The first-order valence-corrected chi connectivity index (χ1v) is 8.15. The molecule has 0 bridgehead atoms. The van der Waals surface area contributed by atoms with Gasteiger partial charge in [-0.05, 0) is 39.0 Å². The highest BCUT2D eigenvalue weighted by molar-refractivity contribution is 7.80. The molecule has 0 saturated heterocycles. The number of carbonyl (C=O) groups is 2. The van der Waals surface area contributed by atoms with Gasteiger partial charge < -0.3 is 24.4 Å². The first kappa shape index (κ1) is 19.0. The number of benzene rings is 1. The number of ether oxygens (including phenoxy) is 3. The van der Waals surface area contributed by atoms with Gasteiger partial charge in [0.2, 0.25) is 0 Å². The van der Waals surface area contributed by atoms with Crippen LogP contribution in [0, 0.1) is 0 Å². The summed E-state index contributed by atoms with van der Waals surface area (Å²) < 4.78 is 15.7. The lowest BCUT2D eigenvalue weighted by atomic mass is 10.1. The van der Waals surface area contributed by atoms with E-state index in [1.807, 2.05) is 0 Å². The van der Waals surface area contributed by atoms with Gasteiger partial charge in [0.15, 0.2) is 0 Å². The van der Waals surface area contributed by atoms with Crippen LogP contribution in [0.15, 0.2) is 18.2 Å². The molecule has 7 nitrogen and oxygen atoms in total. The van der Waals surface area contributed by atoms with Crippen LogP contribution >= 0.6 is 12.2 Å².